The fourth-order valence-corrected chi connectivity index (χ4v) is 5.02. The lowest BCUT2D eigenvalue weighted by Crippen LogP contribution is -2.47. The predicted molar refractivity (Wildman–Crippen MR) is 122 cm³/mol. The fraction of sp³-hybridized carbons (Fsp3) is 0.400. The summed E-state index contributed by atoms with van der Waals surface area (Å²) >= 11 is 0. The van der Waals surface area contributed by atoms with E-state index in [9.17, 15) is 13.5 Å². The van der Waals surface area contributed by atoms with Crippen LogP contribution in [0.1, 0.15) is 19.4 Å². The van der Waals surface area contributed by atoms with Crippen LogP contribution in [-0.2, 0) is 16.4 Å². The molecule has 2 rings (SSSR count). The Morgan fingerprint density at radius 3 is 2.21 bits per heavy atom. The largest absolute Gasteiger partial charge is 0.437 e. The summed E-state index contributed by atoms with van der Waals surface area (Å²) in [5.74, 6) is 0.110. The van der Waals surface area contributed by atoms with Gasteiger partial charge in [-0.1, -0.05) is 53.6 Å². The maximum Gasteiger partial charge on any atom is 0.243 e. The Hall–Kier alpha value is -1.44. The van der Waals surface area contributed by atoms with E-state index in [0.29, 0.717) is 18.7 Å². The SMILES string of the molecule is [B]Nc1ccc(S(=O)(=O)N(CC(C)C)CC(O)C(Cc2ccccc2)NP)cc1. The lowest BCUT2D eigenvalue weighted by Gasteiger charge is -2.30. The molecule has 2 aromatic rings. The van der Waals surface area contributed by atoms with Crippen molar-refractivity contribution in [2.75, 3.05) is 18.3 Å². The second-order valence-electron chi connectivity index (χ2n) is 7.41. The molecule has 2 radical (unpaired) electrons. The molecule has 2 aromatic carbocycles. The van der Waals surface area contributed by atoms with Crippen molar-refractivity contribution in [3.05, 3.63) is 60.2 Å². The normalized spacial score (nSPS) is 14.1. The maximum absolute atomic E-state index is 13.2. The monoisotopic (exact) mass is 433 g/mol. The van der Waals surface area contributed by atoms with Gasteiger partial charge in [0, 0.05) is 24.8 Å². The number of benzene rings is 2. The Bertz CT molecular complexity index is 851. The van der Waals surface area contributed by atoms with E-state index in [1.54, 1.807) is 12.1 Å². The molecule has 156 valence electrons. The van der Waals surface area contributed by atoms with Crippen LogP contribution >= 0.6 is 9.39 Å². The Kier molecular flexibility index (Phi) is 9.12. The number of nitrogens with one attached hydrogen (secondary N) is 2. The van der Waals surface area contributed by atoms with E-state index in [1.165, 1.54) is 16.4 Å². The molecule has 0 aliphatic carbocycles. The summed E-state index contributed by atoms with van der Waals surface area (Å²) in [6.45, 7) is 4.21. The summed E-state index contributed by atoms with van der Waals surface area (Å²) in [5.41, 5.74) is 1.68. The van der Waals surface area contributed by atoms with Crippen LogP contribution in [0.5, 0.6) is 0 Å². The molecule has 9 heteroatoms. The van der Waals surface area contributed by atoms with Gasteiger partial charge in [0.1, 0.15) is 0 Å². The number of hydrogen-bond donors (Lipinski definition) is 3. The number of aliphatic hydroxyl groups excluding tert-OH is 1. The van der Waals surface area contributed by atoms with Crippen LogP contribution in [0, 0.1) is 5.92 Å². The van der Waals surface area contributed by atoms with Crippen molar-refractivity contribution >= 4 is 33.1 Å². The van der Waals surface area contributed by atoms with Gasteiger partial charge in [0.15, 0.2) is 0 Å². The summed E-state index contributed by atoms with van der Waals surface area (Å²) in [6, 6.07) is 15.7. The Labute approximate surface area is 177 Å². The average molecular weight is 433 g/mol. The Morgan fingerprint density at radius 2 is 1.69 bits per heavy atom. The van der Waals surface area contributed by atoms with Crippen molar-refractivity contribution in [1.29, 1.82) is 0 Å². The van der Waals surface area contributed by atoms with Gasteiger partial charge in [0.05, 0.1) is 11.0 Å². The summed E-state index contributed by atoms with van der Waals surface area (Å²) in [4.78, 5) is 0.169. The molecule has 0 spiro atoms. The van der Waals surface area contributed by atoms with E-state index >= 15 is 0 Å². The van der Waals surface area contributed by atoms with E-state index in [2.05, 4.69) is 19.7 Å². The molecule has 3 N–H and O–H groups in total. The first kappa shape index (κ1) is 23.8. The van der Waals surface area contributed by atoms with Gasteiger partial charge >= 0.3 is 0 Å². The van der Waals surface area contributed by atoms with Crippen molar-refractivity contribution in [3.63, 3.8) is 0 Å². The predicted octanol–water partition coefficient (Wildman–Crippen LogP) is 2.18. The number of nitrogens with zero attached hydrogens (tertiary/aromatic N) is 1. The van der Waals surface area contributed by atoms with Crippen LogP contribution in [0.15, 0.2) is 59.5 Å². The van der Waals surface area contributed by atoms with E-state index in [4.69, 9.17) is 7.98 Å². The van der Waals surface area contributed by atoms with Crippen molar-refractivity contribution < 1.29 is 13.5 Å². The molecule has 0 aliphatic rings. The number of sulfonamides is 1. The van der Waals surface area contributed by atoms with Gasteiger partial charge in [0.2, 0.25) is 18.0 Å². The number of hydrogen-bond acceptors (Lipinski definition) is 5. The topological polar surface area (TPSA) is 81.7 Å². The lowest BCUT2D eigenvalue weighted by atomic mass is 10.0. The highest BCUT2D eigenvalue weighted by Gasteiger charge is 2.30. The molecule has 0 fully saturated rings. The molecule has 3 unspecified atom stereocenters. The van der Waals surface area contributed by atoms with Crippen LogP contribution in [0.2, 0.25) is 0 Å². The van der Waals surface area contributed by atoms with E-state index in [-0.39, 0.29) is 23.4 Å². The minimum atomic E-state index is -3.76. The highest BCUT2D eigenvalue weighted by atomic mass is 32.2. The molecule has 0 bridgehead atoms. The van der Waals surface area contributed by atoms with E-state index < -0.39 is 16.1 Å². The maximum atomic E-state index is 13.2. The molecule has 0 saturated heterocycles. The summed E-state index contributed by atoms with van der Waals surface area (Å²) in [6.07, 6.45) is -0.302. The number of anilines is 1. The second kappa shape index (κ2) is 11.1. The zero-order valence-electron chi connectivity index (χ0n) is 16.8. The molecule has 0 saturated carbocycles. The van der Waals surface area contributed by atoms with Crippen LogP contribution in [0.3, 0.4) is 0 Å². The fourth-order valence-electron chi connectivity index (χ4n) is 3.06. The smallest absolute Gasteiger partial charge is 0.243 e. The third kappa shape index (κ3) is 6.80. The van der Waals surface area contributed by atoms with Gasteiger partial charge in [-0.2, -0.15) is 4.31 Å². The van der Waals surface area contributed by atoms with Crippen molar-refractivity contribution in [2.45, 2.75) is 37.3 Å². The third-order valence-electron chi connectivity index (χ3n) is 4.60. The number of rotatable bonds is 11. The van der Waals surface area contributed by atoms with Gasteiger partial charge < -0.3 is 10.3 Å². The van der Waals surface area contributed by atoms with Crippen molar-refractivity contribution in [2.24, 2.45) is 5.92 Å². The Morgan fingerprint density at radius 1 is 1.07 bits per heavy atom. The third-order valence-corrected chi connectivity index (χ3v) is 6.87. The first-order valence-corrected chi connectivity index (χ1v) is 11.5. The zero-order chi connectivity index (χ0) is 21.4. The zero-order valence-corrected chi connectivity index (χ0v) is 18.8. The molecular weight excluding hydrogens is 404 g/mol. The summed E-state index contributed by atoms with van der Waals surface area (Å²) in [5, 5.41) is 16.4. The van der Waals surface area contributed by atoms with Crippen molar-refractivity contribution in [3.8, 4) is 0 Å². The first-order valence-electron chi connectivity index (χ1n) is 9.53. The Balaban J connectivity index is 2.21. The average Bonchev–Trinajstić information content (AvgIpc) is 2.71. The van der Waals surface area contributed by atoms with Gasteiger partial charge in [0.25, 0.3) is 0 Å². The van der Waals surface area contributed by atoms with Crippen LogP contribution in [0.4, 0.5) is 5.69 Å². The standard InChI is InChI=1S/C20H29BN3O3PS/c1-15(2)13-24(29(26,27)18-10-8-17(22-21)9-11-18)14-20(25)19(23-28)12-16-6-4-3-5-7-16/h3-11,15,19-20,22-23,25H,12-14,28H2,1-2H3. The van der Waals surface area contributed by atoms with Gasteiger partial charge in [-0.3, -0.25) is 5.09 Å². The second-order valence-corrected chi connectivity index (χ2v) is 9.69. The minimum absolute atomic E-state index is 0.00367. The van der Waals surface area contributed by atoms with Gasteiger partial charge in [-0.25, -0.2) is 8.42 Å². The molecule has 0 amide bonds. The number of aliphatic hydroxyl groups is 1. The van der Waals surface area contributed by atoms with E-state index in [1.807, 2.05) is 44.2 Å². The summed E-state index contributed by atoms with van der Waals surface area (Å²) in [7, 11) is 4.02. The molecule has 0 heterocycles. The highest BCUT2D eigenvalue weighted by molar-refractivity contribution is 7.89. The molecule has 0 aromatic heterocycles. The van der Waals surface area contributed by atoms with E-state index in [0.717, 1.165) is 5.56 Å². The molecule has 29 heavy (non-hydrogen) atoms. The first-order chi connectivity index (χ1) is 13.8. The van der Waals surface area contributed by atoms with Crippen LogP contribution in [0.25, 0.3) is 0 Å². The van der Waals surface area contributed by atoms with Gasteiger partial charge in [-0.15, -0.1) is 0 Å². The molecule has 3 atom stereocenters. The minimum Gasteiger partial charge on any atom is -0.437 e. The molecule has 0 aliphatic heterocycles. The molecule has 6 nitrogen and oxygen atoms in total. The summed E-state index contributed by atoms with van der Waals surface area (Å²) < 4.78 is 27.8. The van der Waals surface area contributed by atoms with Crippen LogP contribution in [-0.4, -0.2) is 51.0 Å². The quantitative estimate of drug-likeness (QED) is 0.374. The molecular formula is C20H29BN3O3PS. The van der Waals surface area contributed by atoms with Crippen LogP contribution < -0.4 is 10.3 Å². The lowest BCUT2D eigenvalue weighted by molar-refractivity contribution is 0.111. The highest BCUT2D eigenvalue weighted by Crippen LogP contribution is 2.21. The van der Waals surface area contributed by atoms with Crippen molar-refractivity contribution in [1.82, 2.24) is 9.39 Å². The van der Waals surface area contributed by atoms with Gasteiger partial charge in [-0.05, 0) is 42.2 Å².